The molecular weight excluding hydrogens is 237 g/mol. The average molecular weight is 249 g/mol. The van der Waals surface area contributed by atoms with Crippen molar-refractivity contribution in [1.82, 2.24) is 14.8 Å². The van der Waals surface area contributed by atoms with Gasteiger partial charge in [-0.15, -0.1) is 0 Å². The van der Waals surface area contributed by atoms with Gasteiger partial charge in [0.05, 0.1) is 12.1 Å². The lowest BCUT2D eigenvalue weighted by molar-refractivity contribution is 0.0695. The van der Waals surface area contributed by atoms with Crippen molar-refractivity contribution in [2.24, 2.45) is 0 Å². The van der Waals surface area contributed by atoms with Crippen LogP contribution >= 0.6 is 0 Å². The lowest BCUT2D eigenvalue weighted by Crippen LogP contribution is -2.10. The quantitative estimate of drug-likeness (QED) is 0.900. The van der Waals surface area contributed by atoms with Gasteiger partial charge in [0.1, 0.15) is 17.5 Å². The molecule has 0 unspecified atom stereocenters. The molecule has 0 aliphatic carbocycles. The third kappa shape index (κ3) is 2.37. The van der Waals surface area contributed by atoms with Crippen molar-refractivity contribution in [3.05, 3.63) is 46.8 Å². The van der Waals surface area contributed by atoms with Gasteiger partial charge in [-0.2, -0.15) is 5.10 Å². The standard InChI is InChI=1S/C12H12FN3O2/c1-7-14-8(2)16(15-7)6-9-3-4-10(13)5-11(9)12(17)18/h3-5H,6H2,1-2H3,(H,17,18). The van der Waals surface area contributed by atoms with Crippen LogP contribution in [0.2, 0.25) is 0 Å². The van der Waals surface area contributed by atoms with Gasteiger partial charge < -0.3 is 5.11 Å². The molecule has 0 aliphatic heterocycles. The summed E-state index contributed by atoms with van der Waals surface area (Å²) >= 11 is 0. The molecular formula is C12H12FN3O2. The molecule has 2 rings (SSSR count). The molecule has 1 N–H and O–H groups in total. The number of aryl methyl sites for hydroxylation is 2. The highest BCUT2D eigenvalue weighted by atomic mass is 19.1. The van der Waals surface area contributed by atoms with E-state index in [2.05, 4.69) is 10.1 Å². The zero-order valence-electron chi connectivity index (χ0n) is 10.0. The van der Waals surface area contributed by atoms with E-state index in [0.717, 1.165) is 6.07 Å². The molecule has 0 atom stereocenters. The molecule has 0 saturated heterocycles. The number of carboxylic acid groups (broad SMARTS) is 1. The van der Waals surface area contributed by atoms with Gasteiger partial charge in [0.15, 0.2) is 0 Å². The zero-order chi connectivity index (χ0) is 13.3. The number of hydrogen-bond donors (Lipinski definition) is 1. The molecule has 1 heterocycles. The van der Waals surface area contributed by atoms with Crippen molar-refractivity contribution in [2.45, 2.75) is 20.4 Å². The first kappa shape index (κ1) is 12.2. The van der Waals surface area contributed by atoms with Crippen LogP contribution in [-0.2, 0) is 6.54 Å². The van der Waals surface area contributed by atoms with Crippen LogP contribution in [0, 0.1) is 19.7 Å². The maximum atomic E-state index is 13.0. The third-order valence-corrected chi connectivity index (χ3v) is 2.59. The molecule has 2 aromatic rings. The van der Waals surface area contributed by atoms with Gasteiger partial charge in [-0.1, -0.05) is 6.07 Å². The Morgan fingerprint density at radius 1 is 1.44 bits per heavy atom. The summed E-state index contributed by atoms with van der Waals surface area (Å²) in [6.07, 6.45) is 0. The highest BCUT2D eigenvalue weighted by Gasteiger charge is 2.13. The number of nitrogens with zero attached hydrogens (tertiary/aromatic N) is 3. The van der Waals surface area contributed by atoms with Gasteiger partial charge >= 0.3 is 5.97 Å². The summed E-state index contributed by atoms with van der Waals surface area (Å²) < 4.78 is 14.6. The monoisotopic (exact) mass is 249 g/mol. The Labute approximate surface area is 103 Å². The molecule has 0 radical (unpaired) electrons. The highest BCUT2D eigenvalue weighted by Crippen LogP contribution is 2.13. The summed E-state index contributed by atoms with van der Waals surface area (Å²) in [5.41, 5.74) is 0.444. The minimum Gasteiger partial charge on any atom is -0.478 e. The van der Waals surface area contributed by atoms with E-state index in [1.54, 1.807) is 18.5 Å². The zero-order valence-corrected chi connectivity index (χ0v) is 10.0. The van der Waals surface area contributed by atoms with E-state index in [1.807, 2.05) is 0 Å². The van der Waals surface area contributed by atoms with Crippen LogP contribution in [0.1, 0.15) is 27.6 Å². The van der Waals surface area contributed by atoms with Crippen LogP contribution in [0.25, 0.3) is 0 Å². The minimum atomic E-state index is -1.15. The number of aromatic nitrogens is 3. The number of halogens is 1. The first-order valence-electron chi connectivity index (χ1n) is 5.37. The Bertz CT molecular complexity index is 607. The fourth-order valence-electron chi connectivity index (χ4n) is 1.76. The van der Waals surface area contributed by atoms with Crippen molar-refractivity contribution < 1.29 is 14.3 Å². The second kappa shape index (κ2) is 4.56. The fraction of sp³-hybridized carbons (Fsp3) is 0.250. The van der Waals surface area contributed by atoms with Crippen LogP contribution in [0.15, 0.2) is 18.2 Å². The molecule has 0 bridgehead atoms. The number of aromatic carboxylic acids is 1. The summed E-state index contributed by atoms with van der Waals surface area (Å²) in [5.74, 6) is -0.415. The van der Waals surface area contributed by atoms with Crippen LogP contribution in [0.4, 0.5) is 4.39 Å². The summed E-state index contributed by atoms with van der Waals surface area (Å²) in [7, 11) is 0. The Morgan fingerprint density at radius 2 is 2.17 bits per heavy atom. The second-order valence-electron chi connectivity index (χ2n) is 3.97. The summed E-state index contributed by atoms with van der Waals surface area (Å²) in [6.45, 7) is 3.80. The molecule has 0 aliphatic rings. The maximum Gasteiger partial charge on any atom is 0.336 e. The van der Waals surface area contributed by atoms with Gasteiger partial charge in [0.25, 0.3) is 0 Å². The number of benzene rings is 1. The Hall–Kier alpha value is -2.24. The topological polar surface area (TPSA) is 68.0 Å². The van der Waals surface area contributed by atoms with E-state index in [9.17, 15) is 9.18 Å². The molecule has 0 spiro atoms. The summed E-state index contributed by atoms with van der Waals surface area (Å²) in [5, 5.41) is 13.2. The predicted octanol–water partition coefficient (Wildman–Crippen LogP) is 1.78. The van der Waals surface area contributed by atoms with Crippen LogP contribution in [0.5, 0.6) is 0 Å². The molecule has 0 amide bonds. The fourth-order valence-corrected chi connectivity index (χ4v) is 1.76. The van der Waals surface area contributed by atoms with Gasteiger partial charge in [0, 0.05) is 0 Å². The smallest absolute Gasteiger partial charge is 0.336 e. The number of carboxylic acids is 1. The van der Waals surface area contributed by atoms with Crippen molar-refractivity contribution in [3.8, 4) is 0 Å². The molecule has 0 saturated carbocycles. The van der Waals surface area contributed by atoms with Crippen LogP contribution in [-0.4, -0.2) is 25.8 Å². The predicted molar refractivity (Wildman–Crippen MR) is 62.0 cm³/mol. The van der Waals surface area contributed by atoms with E-state index in [0.29, 0.717) is 17.2 Å². The molecule has 1 aromatic carbocycles. The molecule has 0 fully saturated rings. The normalized spacial score (nSPS) is 10.6. The molecule has 94 valence electrons. The van der Waals surface area contributed by atoms with Gasteiger partial charge in [0.2, 0.25) is 0 Å². The van der Waals surface area contributed by atoms with Crippen molar-refractivity contribution >= 4 is 5.97 Å². The number of rotatable bonds is 3. The van der Waals surface area contributed by atoms with Crippen molar-refractivity contribution in [1.29, 1.82) is 0 Å². The average Bonchev–Trinajstić information content (AvgIpc) is 2.60. The minimum absolute atomic E-state index is 0.0532. The van der Waals surface area contributed by atoms with E-state index < -0.39 is 11.8 Å². The Balaban J connectivity index is 2.40. The number of carbonyl (C=O) groups is 1. The highest BCUT2D eigenvalue weighted by molar-refractivity contribution is 5.89. The van der Waals surface area contributed by atoms with Gasteiger partial charge in [-0.3, -0.25) is 0 Å². The SMILES string of the molecule is Cc1nc(C)n(Cc2ccc(F)cc2C(=O)O)n1. The summed E-state index contributed by atoms with van der Waals surface area (Å²) in [6, 6.07) is 3.70. The third-order valence-electron chi connectivity index (χ3n) is 2.59. The van der Waals surface area contributed by atoms with Crippen LogP contribution < -0.4 is 0 Å². The molecule has 18 heavy (non-hydrogen) atoms. The van der Waals surface area contributed by atoms with Gasteiger partial charge in [-0.05, 0) is 31.5 Å². The van der Waals surface area contributed by atoms with E-state index in [4.69, 9.17) is 5.11 Å². The molecule has 5 nitrogen and oxygen atoms in total. The van der Waals surface area contributed by atoms with Crippen molar-refractivity contribution in [3.63, 3.8) is 0 Å². The summed E-state index contributed by atoms with van der Waals surface area (Å²) in [4.78, 5) is 15.2. The largest absolute Gasteiger partial charge is 0.478 e. The molecule has 1 aromatic heterocycles. The first-order valence-corrected chi connectivity index (χ1v) is 5.37. The maximum absolute atomic E-state index is 13.0. The Kier molecular flexibility index (Phi) is 3.10. The van der Waals surface area contributed by atoms with Gasteiger partial charge in [-0.25, -0.2) is 18.9 Å². The van der Waals surface area contributed by atoms with Crippen LogP contribution in [0.3, 0.4) is 0 Å². The lowest BCUT2D eigenvalue weighted by Gasteiger charge is -2.07. The first-order chi connectivity index (χ1) is 8.47. The van der Waals surface area contributed by atoms with Crippen molar-refractivity contribution in [2.75, 3.05) is 0 Å². The lowest BCUT2D eigenvalue weighted by atomic mass is 10.1. The second-order valence-corrected chi connectivity index (χ2v) is 3.97. The molecule has 6 heteroatoms. The number of hydrogen-bond acceptors (Lipinski definition) is 3. The van der Waals surface area contributed by atoms with E-state index in [1.165, 1.54) is 12.1 Å². The van der Waals surface area contributed by atoms with E-state index in [-0.39, 0.29) is 12.1 Å². The Morgan fingerprint density at radius 3 is 2.72 bits per heavy atom. The van der Waals surface area contributed by atoms with E-state index >= 15 is 0 Å².